The molecule has 0 aliphatic carbocycles. The zero-order valence-corrected chi connectivity index (χ0v) is 11.8. The van der Waals surface area contributed by atoms with E-state index >= 15 is 0 Å². The lowest BCUT2D eigenvalue weighted by Gasteiger charge is -2.22. The number of carbonyl (C=O) groups excluding carboxylic acids is 3. The molecule has 2 atom stereocenters. The Labute approximate surface area is 126 Å². The van der Waals surface area contributed by atoms with Gasteiger partial charge < -0.3 is 10.4 Å². The van der Waals surface area contributed by atoms with Crippen molar-refractivity contribution in [3.05, 3.63) is 35.9 Å². The van der Waals surface area contributed by atoms with Crippen molar-refractivity contribution in [1.82, 2.24) is 15.1 Å². The molecule has 2 rings (SSSR count). The first-order chi connectivity index (χ1) is 10.5. The summed E-state index contributed by atoms with van der Waals surface area (Å²) in [6.45, 7) is 1.68. The van der Waals surface area contributed by atoms with Gasteiger partial charge in [0.25, 0.3) is 0 Å². The molecule has 22 heavy (non-hydrogen) atoms. The Morgan fingerprint density at radius 1 is 1.36 bits per heavy atom. The summed E-state index contributed by atoms with van der Waals surface area (Å²) in [5.41, 5.74) is 0.384. The summed E-state index contributed by atoms with van der Waals surface area (Å²) in [6.07, 6.45) is 0.345. The minimum atomic E-state index is -1.28. The van der Waals surface area contributed by atoms with E-state index in [1.165, 1.54) is 0 Å². The highest BCUT2D eigenvalue weighted by molar-refractivity contribution is 6.00. The Bertz CT molecular complexity index is 604. The molecule has 8 nitrogen and oxygen atoms in total. The molecule has 5 amide bonds. The summed E-state index contributed by atoms with van der Waals surface area (Å²) >= 11 is 0. The van der Waals surface area contributed by atoms with E-state index in [2.05, 4.69) is 5.32 Å². The Morgan fingerprint density at radius 2 is 2.00 bits per heavy atom. The standard InChI is InChI=1S/C14H15N3O5/c1-9-7-16(8-18)14(22)17(9)13(21)15-11(12(19)20)10-5-3-2-4-6-10/h2-6,8-9,11H,7H2,1H3,(H,15,21)(H,19,20). The van der Waals surface area contributed by atoms with Crippen LogP contribution in [-0.2, 0) is 9.59 Å². The van der Waals surface area contributed by atoms with Crippen LogP contribution in [0.5, 0.6) is 0 Å². The lowest BCUT2D eigenvalue weighted by Crippen LogP contribution is -2.47. The predicted molar refractivity (Wildman–Crippen MR) is 74.8 cm³/mol. The average Bonchev–Trinajstić information content (AvgIpc) is 2.79. The van der Waals surface area contributed by atoms with Gasteiger partial charge in [-0.25, -0.2) is 19.3 Å². The van der Waals surface area contributed by atoms with Crippen LogP contribution in [0.1, 0.15) is 18.5 Å². The molecule has 1 aromatic rings. The molecule has 0 saturated carbocycles. The molecule has 2 N–H and O–H groups in total. The Balaban J connectivity index is 2.17. The van der Waals surface area contributed by atoms with Gasteiger partial charge in [0.15, 0.2) is 6.04 Å². The lowest BCUT2D eigenvalue weighted by atomic mass is 10.1. The van der Waals surface area contributed by atoms with E-state index in [1.807, 2.05) is 0 Å². The number of hydrogen-bond donors (Lipinski definition) is 2. The van der Waals surface area contributed by atoms with E-state index in [1.54, 1.807) is 37.3 Å². The normalized spacial score (nSPS) is 19.0. The zero-order valence-electron chi connectivity index (χ0n) is 11.8. The highest BCUT2D eigenvalue weighted by atomic mass is 16.4. The van der Waals surface area contributed by atoms with Gasteiger partial charge in [0.1, 0.15) is 0 Å². The number of carboxylic acids is 1. The minimum Gasteiger partial charge on any atom is -0.479 e. The van der Waals surface area contributed by atoms with Gasteiger partial charge in [-0.2, -0.15) is 0 Å². The second-order valence-electron chi connectivity index (χ2n) is 4.89. The number of benzene rings is 1. The number of nitrogens with zero attached hydrogens (tertiary/aromatic N) is 2. The Kier molecular flexibility index (Phi) is 4.40. The highest BCUT2D eigenvalue weighted by Gasteiger charge is 2.40. The maximum Gasteiger partial charge on any atom is 0.335 e. The van der Waals surface area contributed by atoms with Crippen LogP contribution in [0.25, 0.3) is 0 Å². The fourth-order valence-electron chi connectivity index (χ4n) is 2.27. The minimum absolute atomic E-state index is 0.0822. The van der Waals surface area contributed by atoms with Gasteiger partial charge >= 0.3 is 18.0 Å². The summed E-state index contributed by atoms with van der Waals surface area (Å²) in [4.78, 5) is 47.9. The smallest absolute Gasteiger partial charge is 0.335 e. The molecule has 1 aliphatic rings. The van der Waals surface area contributed by atoms with Crippen LogP contribution < -0.4 is 5.32 Å². The molecule has 0 bridgehead atoms. The van der Waals surface area contributed by atoms with Crippen LogP contribution in [0.15, 0.2) is 30.3 Å². The molecule has 116 valence electrons. The van der Waals surface area contributed by atoms with E-state index < -0.39 is 30.1 Å². The van der Waals surface area contributed by atoms with Gasteiger partial charge in [-0.3, -0.25) is 9.69 Å². The maximum atomic E-state index is 12.2. The first-order valence-corrected chi connectivity index (χ1v) is 6.59. The van der Waals surface area contributed by atoms with Crippen LogP contribution in [0.4, 0.5) is 9.59 Å². The summed E-state index contributed by atoms with van der Waals surface area (Å²) < 4.78 is 0. The monoisotopic (exact) mass is 305 g/mol. The zero-order chi connectivity index (χ0) is 16.3. The van der Waals surface area contributed by atoms with Crippen molar-refractivity contribution in [2.24, 2.45) is 0 Å². The van der Waals surface area contributed by atoms with Gasteiger partial charge in [0.2, 0.25) is 6.41 Å². The van der Waals surface area contributed by atoms with Gasteiger partial charge in [0, 0.05) is 0 Å². The molecule has 0 spiro atoms. The van der Waals surface area contributed by atoms with Crippen LogP contribution >= 0.6 is 0 Å². The molecule has 1 saturated heterocycles. The summed E-state index contributed by atoms with van der Waals surface area (Å²) in [5, 5.41) is 11.6. The summed E-state index contributed by atoms with van der Waals surface area (Å²) in [7, 11) is 0. The second-order valence-corrected chi connectivity index (χ2v) is 4.89. The van der Waals surface area contributed by atoms with Crippen LogP contribution in [0.3, 0.4) is 0 Å². The summed E-state index contributed by atoms with van der Waals surface area (Å²) in [6, 6.07) is 4.72. The Morgan fingerprint density at radius 3 is 2.50 bits per heavy atom. The third kappa shape index (κ3) is 2.90. The quantitative estimate of drug-likeness (QED) is 0.800. The van der Waals surface area contributed by atoms with Crippen molar-refractivity contribution in [3.8, 4) is 0 Å². The molecular weight excluding hydrogens is 290 g/mol. The number of urea groups is 2. The summed E-state index contributed by atoms with van der Waals surface area (Å²) in [5.74, 6) is -1.24. The molecule has 0 aromatic heterocycles. The average molecular weight is 305 g/mol. The molecule has 0 radical (unpaired) electrons. The number of nitrogens with one attached hydrogen (secondary N) is 1. The molecule has 8 heteroatoms. The third-order valence-electron chi connectivity index (χ3n) is 3.35. The molecule has 1 fully saturated rings. The number of imide groups is 2. The van der Waals surface area contributed by atoms with E-state index in [9.17, 15) is 24.3 Å². The highest BCUT2D eigenvalue weighted by Crippen LogP contribution is 2.17. The van der Waals surface area contributed by atoms with Crippen LogP contribution in [0.2, 0.25) is 0 Å². The number of hydrogen-bond acceptors (Lipinski definition) is 4. The topological polar surface area (TPSA) is 107 Å². The van der Waals surface area contributed by atoms with Crippen molar-refractivity contribution in [1.29, 1.82) is 0 Å². The van der Waals surface area contributed by atoms with Gasteiger partial charge in [-0.15, -0.1) is 0 Å². The van der Waals surface area contributed by atoms with Crippen molar-refractivity contribution in [3.63, 3.8) is 0 Å². The van der Waals surface area contributed by atoms with E-state index in [0.717, 1.165) is 9.80 Å². The van der Waals surface area contributed by atoms with E-state index in [4.69, 9.17) is 0 Å². The van der Waals surface area contributed by atoms with E-state index in [-0.39, 0.29) is 6.54 Å². The number of aliphatic carboxylic acids is 1. The first-order valence-electron chi connectivity index (χ1n) is 6.59. The maximum absolute atomic E-state index is 12.2. The SMILES string of the molecule is CC1CN(C=O)C(=O)N1C(=O)NC(C(=O)O)c1ccccc1. The molecule has 1 aliphatic heterocycles. The first kappa shape index (κ1) is 15.5. The largest absolute Gasteiger partial charge is 0.479 e. The molecule has 1 heterocycles. The Hall–Kier alpha value is -2.90. The fraction of sp³-hybridized carbons (Fsp3) is 0.286. The molecule has 2 unspecified atom stereocenters. The second kappa shape index (κ2) is 6.25. The van der Waals surface area contributed by atoms with Crippen LogP contribution in [-0.4, -0.2) is 51.9 Å². The lowest BCUT2D eigenvalue weighted by molar-refractivity contribution is -0.139. The van der Waals surface area contributed by atoms with Crippen LogP contribution in [0, 0.1) is 0 Å². The number of carbonyl (C=O) groups is 4. The van der Waals surface area contributed by atoms with Gasteiger partial charge in [0.05, 0.1) is 12.6 Å². The molecular formula is C14H15N3O5. The van der Waals surface area contributed by atoms with Crippen molar-refractivity contribution < 1.29 is 24.3 Å². The van der Waals surface area contributed by atoms with Crippen molar-refractivity contribution in [2.45, 2.75) is 19.0 Å². The number of carboxylic acid groups (broad SMARTS) is 1. The number of rotatable bonds is 4. The van der Waals surface area contributed by atoms with Crippen molar-refractivity contribution in [2.75, 3.05) is 6.54 Å². The van der Waals surface area contributed by atoms with Crippen molar-refractivity contribution >= 4 is 24.4 Å². The molecule has 1 aromatic carbocycles. The van der Waals surface area contributed by atoms with Gasteiger partial charge in [-0.05, 0) is 12.5 Å². The predicted octanol–water partition coefficient (Wildman–Crippen LogP) is 0.804. The van der Waals surface area contributed by atoms with E-state index in [0.29, 0.717) is 12.0 Å². The fourth-order valence-corrected chi connectivity index (χ4v) is 2.27. The van der Waals surface area contributed by atoms with Gasteiger partial charge in [-0.1, -0.05) is 30.3 Å². The number of amides is 5. The third-order valence-corrected chi connectivity index (χ3v) is 3.35.